The number of anilines is 1. The smallest absolute Gasteiger partial charge is 0.417 e. The maximum atomic E-state index is 12.4. The summed E-state index contributed by atoms with van der Waals surface area (Å²) >= 11 is 0. The minimum Gasteiger partial charge on any atom is -0.427 e. The number of ether oxygens (including phenoxy) is 2. The van der Waals surface area contributed by atoms with E-state index in [-0.39, 0.29) is 17.5 Å². The first-order chi connectivity index (χ1) is 21.2. The second-order valence-corrected chi connectivity index (χ2v) is 9.85. The van der Waals surface area contributed by atoms with E-state index in [0.29, 0.717) is 39.4 Å². The van der Waals surface area contributed by atoms with Crippen molar-refractivity contribution in [3.8, 4) is 11.5 Å². The molecule has 0 spiro atoms. The Balaban J connectivity index is 0.000000215. The van der Waals surface area contributed by atoms with E-state index >= 15 is 0 Å². The molecule has 7 heteroatoms. The predicted molar refractivity (Wildman–Crippen MR) is 170 cm³/mol. The summed E-state index contributed by atoms with van der Waals surface area (Å²) in [4.78, 5) is 47.2. The van der Waals surface area contributed by atoms with Gasteiger partial charge in [-0.15, -0.1) is 0 Å². The molecular formula is C37H31NO6. The number of ketones is 2. The number of benzene rings is 5. The zero-order chi connectivity index (χ0) is 31.5. The number of esters is 1. The molecule has 0 saturated heterocycles. The summed E-state index contributed by atoms with van der Waals surface area (Å²) in [6.07, 6.45) is -0.574. The third-order valence-electron chi connectivity index (χ3n) is 6.53. The molecule has 0 bridgehead atoms. The Bertz CT molecular complexity index is 1750. The maximum Gasteiger partial charge on any atom is 0.417 e. The van der Waals surface area contributed by atoms with Gasteiger partial charge in [-0.25, -0.2) is 4.79 Å². The topological polar surface area (TPSA) is 98.8 Å². The van der Waals surface area contributed by atoms with Crippen LogP contribution in [0.4, 0.5) is 10.5 Å². The van der Waals surface area contributed by atoms with E-state index in [4.69, 9.17) is 9.47 Å². The lowest BCUT2D eigenvalue weighted by Crippen LogP contribution is -2.16. The molecule has 0 aliphatic carbocycles. The molecule has 7 nitrogen and oxygen atoms in total. The lowest BCUT2D eigenvalue weighted by molar-refractivity contribution is -0.131. The Kier molecular flexibility index (Phi) is 10.5. The summed E-state index contributed by atoms with van der Waals surface area (Å²) in [5.74, 6) is 0.307. The predicted octanol–water partition coefficient (Wildman–Crippen LogP) is 7.99. The number of amides is 1. The molecule has 44 heavy (non-hydrogen) atoms. The molecule has 5 rings (SSSR count). The molecule has 5 aromatic carbocycles. The number of aryl methyl sites for hydroxylation is 2. The van der Waals surface area contributed by atoms with E-state index in [1.165, 1.54) is 6.92 Å². The highest BCUT2D eigenvalue weighted by Crippen LogP contribution is 2.18. The highest BCUT2D eigenvalue weighted by Gasteiger charge is 2.11. The van der Waals surface area contributed by atoms with Crippen molar-refractivity contribution in [1.82, 2.24) is 0 Å². The second kappa shape index (κ2) is 14.9. The first kappa shape index (κ1) is 31.1. The van der Waals surface area contributed by atoms with Gasteiger partial charge in [-0.2, -0.15) is 0 Å². The van der Waals surface area contributed by atoms with Crippen molar-refractivity contribution in [3.05, 3.63) is 161 Å². The molecule has 220 valence electrons. The Morgan fingerprint density at radius 1 is 0.500 bits per heavy atom. The van der Waals surface area contributed by atoms with Crippen molar-refractivity contribution < 1.29 is 28.7 Å². The monoisotopic (exact) mass is 585 g/mol. The van der Waals surface area contributed by atoms with Gasteiger partial charge >= 0.3 is 12.1 Å². The van der Waals surface area contributed by atoms with Gasteiger partial charge in [0, 0.05) is 34.9 Å². The van der Waals surface area contributed by atoms with E-state index in [1.54, 1.807) is 72.8 Å². The average Bonchev–Trinajstić information content (AvgIpc) is 3.04. The summed E-state index contributed by atoms with van der Waals surface area (Å²) < 4.78 is 10.2. The molecule has 1 amide bonds. The minimum absolute atomic E-state index is 0.0509. The van der Waals surface area contributed by atoms with Crippen LogP contribution in [0.25, 0.3) is 0 Å². The molecule has 0 radical (unpaired) electrons. The fourth-order valence-corrected chi connectivity index (χ4v) is 4.10. The summed E-state index contributed by atoms with van der Waals surface area (Å²) in [6.45, 7) is 5.33. The molecule has 0 aromatic heterocycles. The van der Waals surface area contributed by atoms with Gasteiger partial charge in [0.15, 0.2) is 11.6 Å². The summed E-state index contributed by atoms with van der Waals surface area (Å²) in [5, 5.41) is 2.69. The SMILES string of the molecule is CC(=O)Oc1ccc(C(=O)c2ccccc2)cc1.Cc1ccc(NC(=O)Oc2ccc(C(=O)c3ccccc3)cc2)cc1C. The zero-order valence-electron chi connectivity index (χ0n) is 24.6. The van der Waals surface area contributed by atoms with Crippen LogP contribution in [0.15, 0.2) is 127 Å². The van der Waals surface area contributed by atoms with Crippen LogP contribution in [0.3, 0.4) is 0 Å². The van der Waals surface area contributed by atoms with Crippen molar-refractivity contribution >= 4 is 29.3 Å². The van der Waals surface area contributed by atoms with E-state index in [1.807, 2.05) is 68.4 Å². The fraction of sp³-hybridized carbons (Fsp3) is 0.0811. The molecule has 0 heterocycles. The van der Waals surface area contributed by atoms with Gasteiger partial charge in [0.2, 0.25) is 0 Å². The molecule has 0 aliphatic heterocycles. The summed E-state index contributed by atoms with van der Waals surface area (Å²) in [5.41, 5.74) is 5.28. The van der Waals surface area contributed by atoms with Gasteiger partial charge in [0.05, 0.1) is 0 Å². The molecular weight excluding hydrogens is 554 g/mol. The fourth-order valence-electron chi connectivity index (χ4n) is 4.10. The Morgan fingerprint density at radius 2 is 0.932 bits per heavy atom. The average molecular weight is 586 g/mol. The van der Waals surface area contributed by atoms with Gasteiger partial charge in [-0.1, -0.05) is 66.7 Å². The van der Waals surface area contributed by atoms with E-state index in [2.05, 4.69) is 5.32 Å². The van der Waals surface area contributed by atoms with Crippen LogP contribution in [-0.2, 0) is 4.79 Å². The van der Waals surface area contributed by atoms with Crippen LogP contribution in [0, 0.1) is 13.8 Å². The lowest BCUT2D eigenvalue weighted by Gasteiger charge is -2.09. The van der Waals surface area contributed by atoms with Crippen LogP contribution >= 0.6 is 0 Å². The highest BCUT2D eigenvalue weighted by molar-refractivity contribution is 6.09. The second-order valence-electron chi connectivity index (χ2n) is 9.85. The quantitative estimate of drug-likeness (QED) is 0.118. The van der Waals surface area contributed by atoms with E-state index in [9.17, 15) is 19.2 Å². The van der Waals surface area contributed by atoms with Crippen molar-refractivity contribution in [3.63, 3.8) is 0 Å². The number of hydrogen-bond donors (Lipinski definition) is 1. The van der Waals surface area contributed by atoms with Crippen molar-refractivity contribution in [2.75, 3.05) is 5.32 Å². The molecule has 5 aromatic rings. The standard InChI is InChI=1S/C22H19NO3.C15H12O3/c1-15-8-11-19(14-16(15)2)23-22(25)26-20-12-9-18(10-13-20)21(24)17-6-4-3-5-7-17;1-11(16)18-14-9-7-13(8-10-14)15(17)12-5-3-2-4-6-12/h3-14H,1-2H3,(H,23,25);2-10H,1H3. The Morgan fingerprint density at radius 3 is 1.36 bits per heavy atom. The van der Waals surface area contributed by atoms with Crippen molar-refractivity contribution in [2.24, 2.45) is 0 Å². The van der Waals surface area contributed by atoms with Gasteiger partial charge in [0.1, 0.15) is 11.5 Å². The van der Waals surface area contributed by atoms with Crippen molar-refractivity contribution in [1.29, 1.82) is 0 Å². The minimum atomic E-state index is -0.574. The number of rotatable bonds is 7. The van der Waals surface area contributed by atoms with Crippen LogP contribution < -0.4 is 14.8 Å². The summed E-state index contributed by atoms with van der Waals surface area (Å²) in [7, 11) is 0. The third kappa shape index (κ3) is 8.84. The van der Waals surface area contributed by atoms with Crippen molar-refractivity contribution in [2.45, 2.75) is 20.8 Å². The molecule has 0 saturated carbocycles. The van der Waals surface area contributed by atoms with Crippen LogP contribution in [0.2, 0.25) is 0 Å². The number of nitrogens with one attached hydrogen (secondary N) is 1. The van der Waals surface area contributed by atoms with E-state index < -0.39 is 6.09 Å². The largest absolute Gasteiger partial charge is 0.427 e. The summed E-state index contributed by atoms with van der Waals surface area (Å²) in [6, 6.07) is 36.7. The first-order valence-electron chi connectivity index (χ1n) is 13.8. The zero-order valence-corrected chi connectivity index (χ0v) is 24.6. The Labute approximate surface area is 256 Å². The molecule has 0 unspecified atom stereocenters. The van der Waals surface area contributed by atoms with E-state index in [0.717, 1.165) is 11.1 Å². The molecule has 0 atom stereocenters. The number of carbonyl (C=O) groups excluding carboxylic acids is 4. The van der Waals surface area contributed by atoms with Gasteiger partial charge in [0.25, 0.3) is 0 Å². The Hall–Kier alpha value is -5.82. The maximum absolute atomic E-state index is 12.4. The first-order valence-corrected chi connectivity index (χ1v) is 13.8. The van der Waals surface area contributed by atoms with Gasteiger partial charge < -0.3 is 9.47 Å². The highest BCUT2D eigenvalue weighted by atomic mass is 16.6. The molecule has 0 aliphatic rings. The van der Waals surface area contributed by atoms with Gasteiger partial charge in [-0.05, 0) is 85.6 Å². The number of hydrogen-bond acceptors (Lipinski definition) is 6. The van der Waals surface area contributed by atoms with Gasteiger partial charge in [-0.3, -0.25) is 19.7 Å². The normalized spacial score (nSPS) is 10.1. The lowest BCUT2D eigenvalue weighted by atomic mass is 10.0. The molecule has 1 N–H and O–H groups in total. The van der Waals surface area contributed by atoms with Crippen LogP contribution in [0.5, 0.6) is 11.5 Å². The van der Waals surface area contributed by atoms with Crippen LogP contribution in [-0.4, -0.2) is 23.6 Å². The molecule has 0 fully saturated rings. The third-order valence-corrected chi connectivity index (χ3v) is 6.53. The number of carbonyl (C=O) groups is 4. The van der Waals surface area contributed by atoms with Crippen LogP contribution in [0.1, 0.15) is 49.9 Å².